The van der Waals surface area contributed by atoms with E-state index in [2.05, 4.69) is 0 Å². The molecule has 1 heterocycles. The van der Waals surface area contributed by atoms with Crippen molar-refractivity contribution >= 4 is 17.3 Å². The van der Waals surface area contributed by atoms with Crippen LogP contribution in [0.5, 0.6) is 5.75 Å². The van der Waals surface area contributed by atoms with Crippen molar-refractivity contribution < 1.29 is 27.8 Å². The summed E-state index contributed by atoms with van der Waals surface area (Å²) in [7, 11) is 1.45. The number of carbonyl (C=O) groups is 1. The lowest BCUT2D eigenvalue weighted by Gasteiger charge is -2.11. The molecule has 1 aromatic heterocycles. The number of aliphatic carboxylic acids is 1. The van der Waals surface area contributed by atoms with Gasteiger partial charge >= 0.3 is 12.1 Å². The smallest absolute Gasteiger partial charge is 0.416 e. The fourth-order valence-electron chi connectivity index (χ4n) is 2.88. The first-order chi connectivity index (χ1) is 10.8. The summed E-state index contributed by atoms with van der Waals surface area (Å²) in [5, 5.41) is 9.31. The van der Waals surface area contributed by atoms with Crippen LogP contribution in [0.1, 0.15) is 28.3 Å². The number of rotatable bonds is 3. The van der Waals surface area contributed by atoms with E-state index < -0.39 is 23.6 Å². The van der Waals surface area contributed by atoms with Crippen LogP contribution in [0, 0.1) is 0 Å². The number of aryl methyl sites for hydroxylation is 1. The highest BCUT2D eigenvalue weighted by atomic mass is 32.1. The molecule has 122 valence electrons. The predicted molar refractivity (Wildman–Crippen MR) is 80.0 cm³/mol. The summed E-state index contributed by atoms with van der Waals surface area (Å²) >= 11 is 1.39. The largest absolute Gasteiger partial charge is 0.495 e. The third kappa shape index (κ3) is 2.69. The molecule has 1 aliphatic carbocycles. The van der Waals surface area contributed by atoms with Crippen molar-refractivity contribution in [3.05, 3.63) is 40.3 Å². The molecule has 3 rings (SSSR count). The molecule has 1 aromatic carbocycles. The summed E-state index contributed by atoms with van der Waals surface area (Å²) < 4.78 is 43.3. The second kappa shape index (κ2) is 5.56. The van der Waals surface area contributed by atoms with Crippen LogP contribution in [0.4, 0.5) is 13.2 Å². The molecule has 1 atom stereocenters. The molecule has 0 saturated heterocycles. The number of ether oxygens (including phenoxy) is 1. The number of thiophene rings is 1. The maximum absolute atomic E-state index is 12.7. The number of methoxy groups -OCH3 is 1. The zero-order valence-corrected chi connectivity index (χ0v) is 12.9. The van der Waals surface area contributed by atoms with Crippen LogP contribution in [-0.4, -0.2) is 18.2 Å². The molecule has 1 N–H and O–H groups in total. The Morgan fingerprint density at radius 3 is 2.48 bits per heavy atom. The van der Waals surface area contributed by atoms with Crippen LogP contribution in [0.15, 0.2) is 24.3 Å². The van der Waals surface area contributed by atoms with Gasteiger partial charge in [0, 0.05) is 10.4 Å². The molecule has 1 aliphatic rings. The van der Waals surface area contributed by atoms with Gasteiger partial charge in [0.1, 0.15) is 5.75 Å². The summed E-state index contributed by atoms with van der Waals surface area (Å²) in [6.07, 6.45) is -3.21. The molecular formula is C16H13F3O3S. The van der Waals surface area contributed by atoms with Crippen LogP contribution in [0.2, 0.25) is 0 Å². The Labute approximate surface area is 134 Å². The predicted octanol–water partition coefficient (Wildman–Crippen LogP) is 4.56. The average molecular weight is 342 g/mol. The normalized spacial score (nSPS) is 17.1. The Bertz CT molecular complexity index is 747. The molecule has 0 radical (unpaired) electrons. The monoisotopic (exact) mass is 342 g/mol. The van der Waals surface area contributed by atoms with Crippen molar-refractivity contribution in [2.24, 2.45) is 0 Å². The molecule has 2 aromatic rings. The van der Waals surface area contributed by atoms with Crippen LogP contribution >= 0.6 is 11.3 Å². The second-order valence-electron chi connectivity index (χ2n) is 5.31. The molecule has 0 bridgehead atoms. The first-order valence-electron chi connectivity index (χ1n) is 6.93. The van der Waals surface area contributed by atoms with E-state index in [9.17, 15) is 23.1 Å². The summed E-state index contributed by atoms with van der Waals surface area (Å²) in [5.41, 5.74) is 0.547. The summed E-state index contributed by atoms with van der Waals surface area (Å²) in [6.45, 7) is 0. The molecule has 0 fully saturated rings. The Hall–Kier alpha value is -2.02. The van der Waals surface area contributed by atoms with E-state index in [4.69, 9.17) is 4.74 Å². The van der Waals surface area contributed by atoms with Gasteiger partial charge in [0.05, 0.1) is 23.5 Å². The molecule has 3 nitrogen and oxygen atoms in total. The van der Waals surface area contributed by atoms with Gasteiger partial charge in [-0.05, 0) is 30.5 Å². The molecule has 7 heteroatoms. The highest BCUT2D eigenvalue weighted by Crippen LogP contribution is 2.51. The van der Waals surface area contributed by atoms with E-state index in [-0.39, 0.29) is 0 Å². The topological polar surface area (TPSA) is 46.5 Å². The van der Waals surface area contributed by atoms with Crippen LogP contribution in [0.3, 0.4) is 0 Å². The third-order valence-corrected chi connectivity index (χ3v) is 5.26. The van der Waals surface area contributed by atoms with Gasteiger partial charge in [-0.3, -0.25) is 4.79 Å². The minimum Gasteiger partial charge on any atom is -0.495 e. The number of carboxylic acids is 1. The minimum absolute atomic E-state index is 0.467. The maximum Gasteiger partial charge on any atom is 0.416 e. The molecule has 0 aliphatic heterocycles. The van der Waals surface area contributed by atoms with Gasteiger partial charge in [-0.1, -0.05) is 12.1 Å². The molecule has 0 amide bonds. The SMILES string of the molecule is COc1c(-c2ccc(C(F)(F)F)cc2)sc2c1C(C(=O)O)CC2. The molecule has 23 heavy (non-hydrogen) atoms. The van der Waals surface area contributed by atoms with Gasteiger partial charge in [0.2, 0.25) is 0 Å². The van der Waals surface area contributed by atoms with Crippen molar-refractivity contribution in [1.29, 1.82) is 0 Å². The molecule has 0 spiro atoms. The van der Waals surface area contributed by atoms with Crippen molar-refractivity contribution in [3.63, 3.8) is 0 Å². The highest BCUT2D eigenvalue weighted by Gasteiger charge is 2.36. The van der Waals surface area contributed by atoms with Gasteiger partial charge in [0.25, 0.3) is 0 Å². The van der Waals surface area contributed by atoms with Gasteiger partial charge in [-0.25, -0.2) is 0 Å². The van der Waals surface area contributed by atoms with Crippen molar-refractivity contribution in [1.82, 2.24) is 0 Å². The van der Waals surface area contributed by atoms with Crippen molar-refractivity contribution in [2.75, 3.05) is 7.11 Å². The highest BCUT2D eigenvalue weighted by molar-refractivity contribution is 7.16. The number of carboxylic acid groups (broad SMARTS) is 1. The Kier molecular flexibility index (Phi) is 3.83. The van der Waals surface area contributed by atoms with Crippen molar-refractivity contribution in [3.8, 4) is 16.2 Å². The van der Waals surface area contributed by atoms with Crippen LogP contribution < -0.4 is 4.74 Å². The van der Waals surface area contributed by atoms with Gasteiger partial charge in [0.15, 0.2) is 0 Å². The second-order valence-corrected chi connectivity index (χ2v) is 6.41. The van der Waals surface area contributed by atoms with E-state index in [1.165, 1.54) is 30.6 Å². The van der Waals surface area contributed by atoms with Gasteiger partial charge in [-0.15, -0.1) is 11.3 Å². The Balaban J connectivity index is 2.05. The van der Waals surface area contributed by atoms with Crippen molar-refractivity contribution in [2.45, 2.75) is 24.9 Å². The lowest BCUT2D eigenvalue weighted by Crippen LogP contribution is -2.08. The van der Waals surface area contributed by atoms with E-state index in [0.717, 1.165) is 17.0 Å². The Morgan fingerprint density at radius 1 is 1.30 bits per heavy atom. The van der Waals surface area contributed by atoms with Crippen LogP contribution in [0.25, 0.3) is 10.4 Å². The fourth-order valence-corrected chi connectivity index (χ4v) is 4.23. The fraction of sp³-hybridized carbons (Fsp3) is 0.312. The first kappa shape index (κ1) is 15.9. The number of fused-ring (bicyclic) bond motifs is 1. The summed E-state index contributed by atoms with van der Waals surface area (Å²) in [4.78, 5) is 13.0. The number of hydrogen-bond donors (Lipinski definition) is 1. The Morgan fingerprint density at radius 2 is 1.96 bits per heavy atom. The van der Waals surface area contributed by atoms with E-state index in [1.54, 1.807) is 0 Å². The quantitative estimate of drug-likeness (QED) is 0.890. The lowest BCUT2D eigenvalue weighted by molar-refractivity contribution is -0.139. The van der Waals surface area contributed by atoms with E-state index in [0.29, 0.717) is 34.6 Å². The maximum atomic E-state index is 12.7. The standard InChI is InChI=1S/C16H13F3O3S/c1-22-13-12-10(15(20)21)6-7-11(12)23-14(13)8-2-4-9(5-3-8)16(17,18)19/h2-5,10H,6-7H2,1H3,(H,20,21). The molecular weight excluding hydrogens is 329 g/mol. The summed E-state index contributed by atoms with van der Waals surface area (Å²) in [6, 6.07) is 4.83. The molecule has 1 unspecified atom stereocenters. The van der Waals surface area contributed by atoms with Crippen LogP contribution in [-0.2, 0) is 17.4 Å². The number of alkyl halides is 3. The average Bonchev–Trinajstić information content (AvgIpc) is 3.04. The summed E-state index contributed by atoms with van der Waals surface area (Å²) in [5.74, 6) is -1.05. The minimum atomic E-state index is -4.38. The first-order valence-corrected chi connectivity index (χ1v) is 7.74. The van der Waals surface area contributed by atoms with E-state index in [1.807, 2.05) is 0 Å². The van der Waals surface area contributed by atoms with Gasteiger partial charge < -0.3 is 9.84 Å². The lowest BCUT2D eigenvalue weighted by atomic mass is 10.0. The molecule has 0 saturated carbocycles. The number of hydrogen-bond acceptors (Lipinski definition) is 3. The number of halogens is 3. The zero-order valence-electron chi connectivity index (χ0n) is 12.1. The van der Waals surface area contributed by atoms with E-state index >= 15 is 0 Å². The van der Waals surface area contributed by atoms with Gasteiger partial charge in [-0.2, -0.15) is 13.2 Å². The number of benzene rings is 1. The third-order valence-electron chi connectivity index (χ3n) is 3.96. The zero-order chi connectivity index (χ0) is 16.8.